The van der Waals surface area contributed by atoms with E-state index >= 15 is 0 Å². The van der Waals surface area contributed by atoms with Gasteiger partial charge >= 0.3 is 6.03 Å². The van der Waals surface area contributed by atoms with Gasteiger partial charge in [0, 0.05) is 6.07 Å². The molecule has 0 saturated carbocycles. The van der Waals surface area contributed by atoms with E-state index in [1.54, 1.807) is 30.3 Å². The van der Waals surface area contributed by atoms with Gasteiger partial charge in [0.1, 0.15) is 11.3 Å². The van der Waals surface area contributed by atoms with Gasteiger partial charge in [0.15, 0.2) is 18.1 Å². The Morgan fingerprint density at radius 2 is 1.79 bits per heavy atom. The van der Waals surface area contributed by atoms with Crippen molar-refractivity contribution in [3.05, 3.63) is 53.6 Å². The third-order valence-electron chi connectivity index (χ3n) is 4.54. The molecule has 0 aromatic heterocycles. The van der Waals surface area contributed by atoms with Gasteiger partial charge in [-0.2, -0.15) is 0 Å². The maximum absolute atomic E-state index is 13.1. The summed E-state index contributed by atoms with van der Waals surface area (Å²) in [4.78, 5) is 49.6. The van der Waals surface area contributed by atoms with Gasteiger partial charge in [-0.1, -0.05) is 19.1 Å². The van der Waals surface area contributed by atoms with Crippen molar-refractivity contribution in [3.63, 3.8) is 0 Å². The Kier molecular flexibility index (Phi) is 7.29. The quantitative estimate of drug-likeness (QED) is 0.438. The van der Waals surface area contributed by atoms with E-state index in [1.165, 1.54) is 25.3 Å². The predicted octanol–water partition coefficient (Wildman–Crippen LogP) is 2.01. The number of imide groups is 2. The molecule has 3 rings (SSSR count). The van der Waals surface area contributed by atoms with Crippen molar-refractivity contribution in [3.8, 4) is 17.2 Å². The Morgan fingerprint density at radius 1 is 1.06 bits per heavy atom. The number of hydrogen-bond donors (Lipinski definition) is 2. The van der Waals surface area contributed by atoms with Crippen LogP contribution in [0.2, 0.25) is 0 Å². The van der Waals surface area contributed by atoms with Crippen LogP contribution in [0.5, 0.6) is 17.2 Å². The second kappa shape index (κ2) is 10.3. The van der Waals surface area contributed by atoms with Crippen LogP contribution in [0.4, 0.5) is 10.5 Å². The van der Waals surface area contributed by atoms with Crippen LogP contribution in [0.15, 0.2) is 48.0 Å². The molecule has 0 radical (unpaired) electrons. The molecule has 10 heteroatoms. The number of barbiturate groups is 1. The minimum atomic E-state index is -0.873. The highest BCUT2D eigenvalue weighted by molar-refractivity contribution is 6.39. The maximum Gasteiger partial charge on any atom is 0.335 e. The molecule has 0 atom stereocenters. The standard InChI is InChI=1S/C23H23N3O7/c1-3-10-32-18-9-6-15(12-19(18)31-2)26-22(29)17(21(28)25-23(26)30)11-14-4-7-16(8-5-14)33-13-20(24)27/h4-9,11-12H,3,10,13H2,1-2H3,(H2,24,27)(H,25,28,30)/b17-11+. The van der Waals surface area contributed by atoms with E-state index in [9.17, 15) is 19.2 Å². The van der Waals surface area contributed by atoms with Crippen molar-refractivity contribution < 1.29 is 33.4 Å². The number of urea groups is 1. The van der Waals surface area contributed by atoms with Gasteiger partial charge < -0.3 is 19.9 Å². The number of nitrogens with two attached hydrogens (primary N) is 1. The van der Waals surface area contributed by atoms with E-state index in [0.717, 1.165) is 11.3 Å². The number of primary amides is 1. The topological polar surface area (TPSA) is 137 Å². The zero-order valence-corrected chi connectivity index (χ0v) is 18.1. The number of ether oxygens (including phenoxy) is 3. The molecule has 0 bridgehead atoms. The van der Waals surface area contributed by atoms with E-state index in [2.05, 4.69) is 5.32 Å². The summed E-state index contributed by atoms with van der Waals surface area (Å²) in [5.41, 5.74) is 5.54. The predicted molar refractivity (Wildman–Crippen MR) is 119 cm³/mol. The molecular formula is C23H23N3O7. The molecule has 0 aliphatic carbocycles. The first-order chi connectivity index (χ1) is 15.8. The van der Waals surface area contributed by atoms with E-state index in [-0.39, 0.29) is 17.9 Å². The van der Waals surface area contributed by atoms with Gasteiger partial charge in [0.25, 0.3) is 17.7 Å². The zero-order chi connectivity index (χ0) is 24.0. The average Bonchev–Trinajstić information content (AvgIpc) is 2.80. The molecule has 172 valence electrons. The van der Waals surface area contributed by atoms with Crippen molar-refractivity contribution in [2.45, 2.75) is 13.3 Å². The number of nitrogens with zero attached hydrogens (tertiary/aromatic N) is 1. The molecule has 1 heterocycles. The summed E-state index contributed by atoms with van der Waals surface area (Å²) in [7, 11) is 1.45. The van der Waals surface area contributed by atoms with Gasteiger partial charge in [0.2, 0.25) is 0 Å². The van der Waals surface area contributed by atoms with Crippen molar-refractivity contribution in [2.75, 3.05) is 25.2 Å². The minimum absolute atomic E-state index is 0.215. The lowest BCUT2D eigenvalue weighted by molar-refractivity contribution is -0.123. The van der Waals surface area contributed by atoms with E-state index < -0.39 is 23.8 Å². The van der Waals surface area contributed by atoms with Gasteiger partial charge in [-0.25, -0.2) is 9.69 Å². The lowest BCUT2D eigenvalue weighted by atomic mass is 10.1. The molecule has 1 saturated heterocycles. The molecule has 10 nitrogen and oxygen atoms in total. The smallest absolute Gasteiger partial charge is 0.335 e. The molecule has 2 aromatic rings. The minimum Gasteiger partial charge on any atom is -0.493 e. The Bertz CT molecular complexity index is 1110. The summed E-state index contributed by atoms with van der Waals surface area (Å²) in [5.74, 6) is -1.01. The molecule has 33 heavy (non-hydrogen) atoms. The number of nitrogens with one attached hydrogen (secondary N) is 1. The van der Waals surface area contributed by atoms with Crippen LogP contribution in [0.1, 0.15) is 18.9 Å². The second-order valence-corrected chi connectivity index (χ2v) is 6.97. The Morgan fingerprint density at radius 3 is 2.42 bits per heavy atom. The first-order valence-electron chi connectivity index (χ1n) is 10.1. The number of carbonyl (C=O) groups excluding carboxylic acids is 4. The normalized spacial score (nSPS) is 14.8. The number of rotatable bonds is 9. The summed E-state index contributed by atoms with van der Waals surface area (Å²) in [6.45, 7) is 2.17. The molecule has 3 N–H and O–H groups in total. The summed E-state index contributed by atoms with van der Waals surface area (Å²) >= 11 is 0. The molecular weight excluding hydrogens is 430 g/mol. The van der Waals surface area contributed by atoms with E-state index in [0.29, 0.717) is 29.4 Å². The van der Waals surface area contributed by atoms with Gasteiger partial charge in [-0.05, 0) is 42.3 Å². The van der Waals surface area contributed by atoms with Crippen LogP contribution in [-0.4, -0.2) is 44.1 Å². The van der Waals surface area contributed by atoms with Crippen LogP contribution >= 0.6 is 0 Å². The molecule has 0 unspecified atom stereocenters. The van der Waals surface area contributed by atoms with Crippen LogP contribution < -0.4 is 30.2 Å². The van der Waals surface area contributed by atoms with Crippen LogP contribution in [0.25, 0.3) is 6.08 Å². The summed E-state index contributed by atoms with van der Waals surface area (Å²) in [5, 5.41) is 2.17. The fourth-order valence-corrected chi connectivity index (χ4v) is 3.00. The van der Waals surface area contributed by atoms with Gasteiger partial charge in [-0.3, -0.25) is 19.7 Å². The molecule has 2 aromatic carbocycles. The van der Waals surface area contributed by atoms with Gasteiger partial charge in [0.05, 0.1) is 19.4 Å². The van der Waals surface area contributed by atoms with Gasteiger partial charge in [-0.15, -0.1) is 0 Å². The third kappa shape index (κ3) is 5.48. The molecule has 1 aliphatic rings. The largest absolute Gasteiger partial charge is 0.493 e. The third-order valence-corrected chi connectivity index (χ3v) is 4.54. The number of hydrogen-bond acceptors (Lipinski definition) is 7. The number of amides is 5. The van der Waals surface area contributed by atoms with Crippen LogP contribution in [0.3, 0.4) is 0 Å². The highest BCUT2D eigenvalue weighted by atomic mass is 16.5. The van der Waals surface area contributed by atoms with Crippen molar-refractivity contribution in [2.24, 2.45) is 5.73 Å². The highest BCUT2D eigenvalue weighted by Gasteiger charge is 2.37. The second-order valence-electron chi connectivity index (χ2n) is 6.97. The molecule has 1 aliphatic heterocycles. The number of methoxy groups -OCH3 is 1. The number of benzene rings is 2. The SMILES string of the molecule is CCCOc1ccc(N2C(=O)NC(=O)/C(=C\c3ccc(OCC(N)=O)cc3)C2=O)cc1OC. The van der Waals surface area contributed by atoms with Crippen molar-refractivity contribution >= 4 is 35.5 Å². The summed E-state index contributed by atoms with van der Waals surface area (Å²) in [6.07, 6.45) is 2.15. The Balaban J connectivity index is 1.87. The van der Waals surface area contributed by atoms with Crippen LogP contribution in [-0.2, 0) is 14.4 Å². The van der Waals surface area contributed by atoms with Crippen molar-refractivity contribution in [1.29, 1.82) is 0 Å². The first-order valence-corrected chi connectivity index (χ1v) is 10.1. The molecule has 5 amide bonds. The maximum atomic E-state index is 13.1. The monoisotopic (exact) mass is 453 g/mol. The lowest BCUT2D eigenvalue weighted by Crippen LogP contribution is -2.54. The van der Waals surface area contributed by atoms with E-state index in [4.69, 9.17) is 19.9 Å². The van der Waals surface area contributed by atoms with E-state index in [1.807, 2.05) is 6.92 Å². The fourth-order valence-electron chi connectivity index (χ4n) is 3.00. The number of anilines is 1. The molecule has 0 spiro atoms. The number of carbonyl (C=O) groups is 4. The Hall–Kier alpha value is -4.34. The molecule has 1 fully saturated rings. The average molecular weight is 453 g/mol. The summed E-state index contributed by atoms with van der Waals surface area (Å²) < 4.78 is 16.1. The fraction of sp³-hybridized carbons (Fsp3) is 0.217. The van der Waals surface area contributed by atoms with Crippen molar-refractivity contribution in [1.82, 2.24) is 5.32 Å². The van der Waals surface area contributed by atoms with Crippen LogP contribution in [0, 0.1) is 0 Å². The summed E-state index contributed by atoms with van der Waals surface area (Å²) in [6, 6.07) is 10.0. The zero-order valence-electron chi connectivity index (χ0n) is 18.1. The highest BCUT2D eigenvalue weighted by Crippen LogP contribution is 2.33. The first kappa shape index (κ1) is 23.3. The Labute approximate surface area is 189 Å². The lowest BCUT2D eigenvalue weighted by Gasteiger charge is -2.27.